The van der Waals surface area contributed by atoms with E-state index in [0.717, 1.165) is 25.0 Å². The van der Waals surface area contributed by atoms with Crippen molar-refractivity contribution >= 4 is 0 Å². The van der Waals surface area contributed by atoms with Gasteiger partial charge in [-0.2, -0.15) is 0 Å². The van der Waals surface area contributed by atoms with Crippen LogP contribution in [0.4, 0.5) is 4.39 Å². The minimum Gasteiger partial charge on any atom is -0.385 e. The lowest BCUT2D eigenvalue weighted by Crippen LogP contribution is -2.10. The summed E-state index contributed by atoms with van der Waals surface area (Å²) < 4.78 is 17.5. The summed E-state index contributed by atoms with van der Waals surface area (Å²) in [7, 11) is 1.67. The highest BCUT2D eigenvalue weighted by Crippen LogP contribution is 2.15. The van der Waals surface area contributed by atoms with Crippen LogP contribution in [0.25, 0.3) is 0 Å². The Morgan fingerprint density at radius 2 is 2.00 bits per heavy atom. The van der Waals surface area contributed by atoms with Crippen molar-refractivity contribution in [2.75, 3.05) is 13.7 Å². The monoisotopic (exact) mass is 197 g/mol. The number of hydrogen-bond donors (Lipinski definition) is 1. The van der Waals surface area contributed by atoms with E-state index >= 15 is 0 Å². The van der Waals surface area contributed by atoms with Crippen LogP contribution in [0, 0.1) is 5.82 Å². The number of nitrogens with two attached hydrogens (primary N) is 1. The van der Waals surface area contributed by atoms with Gasteiger partial charge in [-0.25, -0.2) is 4.39 Å². The molecule has 0 radical (unpaired) electrons. The van der Waals surface area contributed by atoms with E-state index in [9.17, 15) is 4.39 Å². The summed E-state index contributed by atoms with van der Waals surface area (Å²) in [5.41, 5.74) is 6.88. The molecule has 0 aliphatic rings. The number of halogens is 1. The Hall–Kier alpha value is -0.930. The van der Waals surface area contributed by atoms with Crippen molar-refractivity contribution in [2.45, 2.75) is 18.9 Å². The molecule has 1 aromatic carbocycles. The predicted molar refractivity (Wildman–Crippen MR) is 54.4 cm³/mol. The Morgan fingerprint density at radius 1 is 1.36 bits per heavy atom. The van der Waals surface area contributed by atoms with Gasteiger partial charge in [0.1, 0.15) is 5.82 Å². The molecule has 0 amide bonds. The molecule has 2 N–H and O–H groups in total. The van der Waals surface area contributed by atoms with Crippen molar-refractivity contribution in [2.24, 2.45) is 5.73 Å². The molecule has 78 valence electrons. The second-order valence-electron chi connectivity index (χ2n) is 3.29. The second kappa shape index (κ2) is 5.73. The minimum atomic E-state index is -0.224. The summed E-state index contributed by atoms with van der Waals surface area (Å²) in [6.45, 7) is 0.717. The fourth-order valence-corrected chi connectivity index (χ4v) is 1.32. The number of hydrogen-bond acceptors (Lipinski definition) is 2. The van der Waals surface area contributed by atoms with Gasteiger partial charge in [0.25, 0.3) is 0 Å². The highest BCUT2D eigenvalue weighted by atomic mass is 19.1. The third-order valence-electron chi connectivity index (χ3n) is 2.16. The van der Waals surface area contributed by atoms with Crippen LogP contribution in [-0.2, 0) is 4.74 Å². The lowest BCUT2D eigenvalue weighted by atomic mass is 10.0. The Morgan fingerprint density at radius 3 is 2.57 bits per heavy atom. The lowest BCUT2D eigenvalue weighted by Gasteiger charge is -2.11. The molecule has 0 aliphatic heterocycles. The van der Waals surface area contributed by atoms with E-state index < -0.39 is 0 Å². The van der Waals surface area contributed by atoms with E-state index in [4.69, 9.17) is 10.5 Å². The maximum absolute atomic E-state index is 12.6. The van der Waals surface area contributed by atoms with Crippen molar-refractivity contribution in [3.8, 4) is 0 Å². The molecule has 0 saturated carbocycles. The molecule has 1 unspecified atom stereocenters. The fraction of sp³-hybridized carbons (Fsp3) is 0.455. The molecule has 2 nitrogen and oxygen atoms in total. The average molecular weight is 197 g/mol. The van der Waals surface area contributed by atoms with E-state index in [1.165, 1.54) is 12.1 Å². The van der Waals surface area contributed by atoms with E-state index in [1.54, 1.807) is 19.2 Å². The summed E-state index contributed by atoms with van der Waals surface area (Å²) in [5, 5.41) is 0. The topological polar surface area (TPSA) is 35.2 Å². The molecule has 0 spiro atoms. The van der Waals surface area contributed by atoms with Crippen LogP contribution in [0.1, 0.15) is 24.4 Å². The van der Waals surface area contributed by atoms with E-state index in [-0.39, 0.29) is 11.9 Å². The maximum Gasteiger partial charge on any atom is 0.123 e. The number of rotatable bonds is 5. The fourth-order valence-electron chi connectivity index (χ4n) is 1.32. The average Bonchev–Trinajstić information content (AvgIpc) is 2.19. The van der Waals surface area contributed by atoms with Gasteiger partial charge in [-0.05, 0) is 30.5 Å². The number of methoxy groups -OCH3 is 1. The van der Waals surface area contributed by atoms with Gasteiger partial charge in [0, 0.05) is 19.8 Å². The van der Waals surface area contributed by atoms with Crippen LogP contribution < -0.4 is 5.73 Å². The van der Waals surface area contributed by atoms with Crippen molar-refractivity contribution in [1.82, 2.24) is 0 Å². The highest BCUT2D eigenvalue weighted by molar-refractivity contribution is 5.19. The lowest BCUT2D eigenvalue weighted by molar-refractivity contribution is 0.190. The molecule has 1 aromatic rings. The second-order valence-corrected chi connectivity index (χ2v) is 3.29. The molecule has 0 fully saturated rings. The van der Waals surface area contributed by atoms with Crippen LogP contribution in [-0.4, -0.2) is 13.7 Å². The van der Waals surface area contributed by atoms with Crippen LogP contribution in [0.15, 0.2) is 24.3 Å². The third kappa shape index (κ3) is 3.44. The molecule has 14 heavy (non-hydrogen) atoms. The van der Waals surface area contributed by atoms with Gasteiger partial charge in [0.05, 0.1) is 0 Å². The first kappa shape index (κ1) is 11.1. The quantitative estimate of drug-likeness (QED) is 0.735. The highest BCUT2D eigenvalue weighted by Gasteiger charge is 2.04. The van der Waals surface area contributed by atoms with Crippen molar-refractivity contribution in [3.63, 3.8) is 0 Å². The SMILES string of the molecule is COCCCC(N)c1ccc(F)cc1. The van der Waals surface area contributed by atoms with Crippen molar-refractivity contribution < 1.29 is 9.13 Å². The van der Waals surface area contributed by atoms with Gasteiger partial charge in [-0.15, -0.1) is 0 Å². The van der Waals surface area contributed by atoms with Gasteiger partial charge < -0.3 is 10.5 Å². The van der Waals surface area contributed by atoms with Gasteiger partial charge in [0.15, 0.2) is 0 Å². The summed E-state index contributed by atoms with van der Waals surface area (Å²) in [4.78, 5) is 0. The molecule has 0 aliphatic carbocycles. The molecule has 0 saturated heterocycles. The van der Waals surface area contributed by atoms with E-state index in [2.05, 4.69) is 0 Å². The number of ether oxygens (including phenoxy) is 1. The van der Waals surface area contributed by atoms with Crippen LogP contribution in [0.3, 0.4) is 0 Å². The molecule has 3 heteroatoms. The summed E-state index contributed by atoms with van der Waals surface area (Å²) >= 11 is 0. The Bertz CT molecular complexity index is 260. The third-order valence-corrected chi connectivity index (χ3v) is 2.16. The summed E-state index contributed by atoms with van der Waals surface area (Å²) in [6, 6.07) is 6.31. The Kier molecular flexibility index (Phi) is 4.56. The van der Waals surface area contributed by atoms with Crippen LogP contribution in [0.2, 0.25) is 0 Å². The summed E-state index contributed by atoms with van der Waals surface area (Å²) in [6.07, 6.45) is 1.79. The Balaban J connectivity index is 2.43. The van der Waals surface area contributed by atoms with Crippen LogP contribution >= 0.6 is 0 Å². The first-order valence-corrected chi connectivity index (χ1v) is 4.74. The smallest absolute Gasteiger partial charge is 0.123 e. The zero-order valence-electron chi connectivity index (χ0n) is 8.37. The summed E-state index contributed by atoms with van der Waals surface area (Å²) in [5.74, 6) is -0.224. The molecule has 0 aromatic heterocycles. The maximum atomic E-state index is 12.6. The molecule has 0 bridgehead atoms. The van der Waals surface area contributed by atoms with Crippen molar-refractivity contribution in [3.05, 3.63) is 35.6 Å². The molecule has 1 atom stereocenters. The molecule has 1 rings (SSSR count). The normalized spacial score (nSPS) is 12.8. The predicted octanol–water partition coefficient (Wildman–Crippen LogP) is 2.25. The van der Waals surface area contributed by atoms with Crippen LogP contribution in [0.5, 0.6) is 0 Å². The first-order valence-electron chi connectivity index (χ1n) is 4.74. The van der Waals surface area contributed by atoms with Gasteiger partial charge >= 0.3 is 0 Å². The van der Waals surface area contributed by atoms with Gasteiger partial charge in [0.2, 0.25) is 0 Å². The number of benzene rings is 1. The standard InChI is InChI=1S/C11H16FNO/c1-14-8-2-3-11(13)9-4-6-10(12)7-5-9/h4-7,11H,2-3,8,13H2,1H3. The molecular weight excluding hydrogens is 181 g/mol. The first-order chi connectivity index (χ1) is 6.74. The van der Waals surface area contributed by atoms with Gasteiger partial charge in [-0.3, -0.25) is 0 Å². The zero-order chi connectivity index (χ0) is 10.4. The largest absolute Gasteiger partial charge is 0.385 e. The van der Waals surface area contributed by atoms with E-state index in [0.29, 0.717) is 0 Å². The van der Waals surface area contributed by atoms with Crippen molar-refractivity contribution in [1.29, 1.82) is 0 Å². The minimum absolute atomic E-state index is 0.0225. The van der Waals surface area contributed by atoms with E-state index in [1.807, 2.05) is 0 Å². The Labute approximate surface area is 83.9 Å². The zero-order valence-corrected chi connectivity index (χ0v) is 8.37. The van der Waals surface area contributed by atoms with Gasteiger partial charge in [-0.1, -0.05) is 12.1 Å². The molecule has 0 heterocycles. The molecular formula is C11H16FNO.